The van der Waals surface area contributed by atoms with Crippen molar-refractivity contribution in [2.24, 2.45) is 7.05 Å². The minimum atomic E-state index is -0.124. The molecule has 1 aromatic rings. The Balaban J connectivity index is 3.04. The SMILES string of the molecule is Cn1c(N)nnc1CO. The fraction of sp³-hybridized carbons (Fsp3) is 0.500. The first-order valence-electron chi connectivity index (χ1n) is 2.50. The summed E-state index contributed by atoms with van der Waals surface area (Å²) in [5, 5.41) is 15.6. The van der Waals surface area contributed by atoms with Crippen molar-refractivity contribution in [2.75, 3.05) is 5.73 Å². The van der Waals surface area contributed by atoms with Crippen molar-refractivity contribution in [3.8, 4) is 0 Å². The molecule has 9 heavy (non-hydrogen) atoms. The van der Waals surface area contributed by atoms with E-state index in [9.17, 15) is 0 Å². The Labute approximate surface area is 52.1 Å². The summed E-state index contributed by atoms with van der Waals surface area (Å²) in [6.45, 7) is -0.124. The highest BCUT2D eigenvalue weighted by molar-refractivity contribution is 5.15. The van der Waals surface area contributed by atoms with Crippen molar-refractivity contribution < 1.29 is 5.11 Å². The molecule has 0 fully saturated rings. The number of hydrogen-bond acceptors (Lipinski definition) is 4. The predicted molar refractivity (Wildman–Crippen MR) is 31.3 cm³/mol. The van der Waals surface area contributed by atoms with Gasteiger partial charge >= 0.3 is 0 Å². The highest BCUT2D eigenvalue weighted by atomic mass is 16.3. The van der Waals surface area contributed by atoms with Crippen LogP contribution in [0, 0.1) is 0 Å². The Kier molecular flexibility index (Phi) is 1.35. The van der Waals surface area contributed by atoms with Crippen LogP contribution in [0.3, 0.4) is 0 Å². The van der Waals surface area contributed by atoms with Gasteiger partial charge in [0.2, 0.25) is 5.95 Å². The summed E-state index contributed by atoms with van der Waals surface area (Å²) in [5.41, 5.74) is 5.29. The number of nitrogen functional groups attached to an aromatic ring is 1. The van der Waals surface area contributed by atoms with Crippen LogP contribution in [0.2, 0.25) is 0 Å². The van der Waals surface area contributed by atoms with Gasteiger partial charge < -0.3 is 10.8 Å². The molecule has 0 saturated heterocycles. The van der Waals surface area contributed by atoms with Crippen LogP contribution in [-0.4, -0.2) is 19.9 Å². The molecule has 50 valence electrons. The molecule has 0 amide bonds. The molecule has 3 N–H and O–H groups in total. The fourth-order valence-corrected chi connectivity index (χ4v) is 0.513. The van der Waals surface area contributed by atoms with Crippen LogP contribution in [0.25, 0.3) is 0 Å². The van der Waals surface area contributed by atoms with Gasteiger partial charge in [0.25, 0.3) is 0 Å². The maximum atomic E-state index is 8.55. The van der Waals surface area contributed by atoms with Crippen LogP contribution in [0.1, 0.15) is 5.82 Å². The molecule has 0 aliphatic rings. The van der Waals surface area contributed by atoms with Crippen molar-refractivity contribution in [3.05, 3.63) is 5.82 Å². The maximum Gasteiger partial charge on any atom is 0.221 e. The van der Waals surface area contributed by atoms with Gasteiger partial charge in [0.15, 0.2) is 5.82 Å². The molecular formula is C4H8N4O. The number of rotatable bonds is 1. The largest absolute Gasteiger partial charge is 0.388 e. The summed E-state index contributed by atoms with van der Waals surface area (Å²) < 4.78 is 1.53. The highest BCUT2D eigenvalue weighted by Gasteiger charge is 2.01. The van der Waals surface area contributed by atoms with Crippen LogP contribution in [0.5, 0.6) is 0 Å². The predicted octanol–water partition coefficient (Wildman–Crippen LogP) is -1.11. The first-order chi connectivity index (χ1) is 4.25. The molecule has 0 saturated carbocycles. The van der Waals surface area contributed by atoms with Gasteiger partial charge in [0, 0.05) is 7.05 Å². The summed E-state index contributed by atoms with van der Waals surface area (Å²) in [6, 6.07) is 0. The first kappa shape index (κ1) is 6.03. The molecule has 0 atom stereocenters. The minimum absolute atomic E-state index is 0.124. The van der Waals surface area contributed by atoms with Crippen molar-refractivity contribution in [1.82, 2.24) is 14.8 Å². The van der Waals surface area contributed by atoms with E-state index in [1.165, 1.54) is 4.57 Å². The lowest BCUT2D eigenvalue weighted by Crippen LogP contribution is -2.01. The van der Waals surface area contributed by atoms with Crippen LogP contribution >= 0.6 is 0 Å². The van der Waals surface area contributed by atoms with Crippen LogP contribution in [0.4, 0.5) is 5.95 Å². The summed E-state index contributed by atoms with van der Waals surface area (Å²) >= 11 is 0. The molecule has 5 heteroatoms. The summed E-state index contributed by atoms with van der Waals surface area (Å²) in [7, 11) is 1.70. The van der Waals surface area contributed by atoms with Crippen LogP contribution in [-0.2, 0) is 13.7 Å². The molecule has 5 nitrogen and oxygen atoms in total. The van der Waals surface area contributed by atoms with Gasteiger partial charge in [-0.15, -0.1) is 10.2 Å². The van der Waals surface area contributed by atoms with Crippen molar-refractivity contribution in [2.45, 2.75) is 6.61 Å². The summed E-state index contributed by atoms with van der Waals surface area (Å²) in [4.78, 5) is 0. The number of aliphatic hydroxyl groups excluding tert-OH is 1. The topological polar surface area (TPSA) is 77.0 Å². The van der Waals surface area contributed by atoms with E-state index in [0.29, 0.717) is 11.8 Å². The zero-order valence-electron chi connectivity index (χ0n) is 5.07. The molecule has 0 aliphatic heterocycles. The maximum absolute atomic E-state index is 8.55. The fourth-order valence-electron chi connectivity index (χ4n) is 0.513. The molecule has 0 spiro atoms. The van der Waals surface area contributed by atoms with E-state index < -0.39 is 0 Å². The Morgan fingerprint density at radius 1 is 1.67 bits per heavy atom. The van der Waals surface area contributed by atoms with Gasteiger partial charge in [-0.2, -0.15) is 0 Å². The monoisotopic (exact) mass is 128 g/mol. The summed E-state index contributed by atoms with van der Waals surface area (Å²) in [6.07, 6.45) is 0. The third-order valence-electron chi connectivity index (χ3n) is 1.14. The zero-order chi connectivity index (χ0) is 6.85. The van der Waals surface area contributed by atoms with E-state index in [4.69, 9.17) is 10.8 Å². The normalized spacial score (nSPS) is 10.0. The van der Waals surface area contributed by atoms with E-state index in [2.05, 4.69) is 10.2 Å². The van der Waals surface area contributed by atoms with Crippen molar-refractivity contribution in [3.63, 3.8) is 0 Å². The van der Waals surface area contributed by atoms with E-state index in [1.54, 1.807) is 7.05 Å². The minimum Gasteiger partial charge on any atom is -0.388 e. The third-order valence-corrected chi connectivity index (χ3v) is 1.14. The first-order valence-corrected chi connectivity index (χ1v) is 2.50. The number of aromatic nitrogens is 3. The quantitative estimate of drug-likeness (QED) is 0.502. The molecular weight excluding hydrogens is 120 g/mol. The van der Waals surface area contributed by atoms with E-state index in [-0.39, 0.29) is 6.61 Å². The Bertz CT molecular complexity index is 206. The average Bonchev–Trinajstić information content (AvgIpc) is 2.15. The van der Waals surface area contributed by atoms with Gasteiger partial charge in [0.05, 0.1) is 0 Å². The third kappa shape index (κ3) is 0.857. The second kappa shape index (κ2) is 2.02. The van der Waals surface area contributed by atoms with E-state index >= 15 is 0 Å². The molecule has 1 heterocycles. The van der Waals surface area contributed by atoms with Crippen LogP contribution < -0.4 is 5.73 Å². The Morgan fingerprint density at radius 2 is 2.33 bits per heavy atom. The Morgan fingerprint density at radius 3 is 2.56 bits per heavy atom. The molecule has 0 aromatic carbocycles. The molecule has 0 bridgehead atoms. The number of aliphatic hydroxyl groups is 1. The lowest BCUT2D eigenvalue weighted by atomic mass is 10.6. The average molecular weight is 128 g/mol. The lowest BCUT2D eigenvalue weighted by Gasteiger charge is -1.93. The summed E-state index contributed by atoms with van der Waals surface area (Å²) in [5.74, 6) is 0.798. The van der Waals surface area contributed by atoms with Gasteiger partial charge in [-0.05, 0) is 0 Å². The second-order valence-electron chi connectivity index (χ2n) is 1.69. The molecule has 0 unspecified atom stereocenters. The van der Waals surface area contributed by atoms with Gasteiger partial charge in [0.1, 0.15) is 6.61 Å². The van der Waals surface area contributed by atoms with E-state index in [0.717, 1.165) is 0 Å². The van der Waals surface area contributed by atoms with Gasteiger partial charge in [-0.3, -0.25) is 4.57 Å². The number of anilines is 1. The van der Waals surface area contributed by atoms with Gasteiger partial charge in [-0.1, -0.05) is 0 Å². The zero-order valence-corrected chi connectivity index (χ0v) is 5.07. The molecule has 0 aliphatic carbocycles. The standard InChI is InChI=1S/C4H8N4O/c1-8-3(2-9)6-7-4(8)5/h9H,2H2,1H3,(H2,5,7). The number of nitrogens with zero attached hydrogens (tertiary/aromatic N) is 3. The molecule has 1 rings (SSSR count). The lowest BCUT2D eigenvalue weighted by molar-refractivity contribution is 0.267. The smallest absolute Gasteiger partial charge is 0.221 e. The van der Waals surface area contributed by atoms with E-state index in [1.807, 2.05) is 0 Å². The van der Waals surface area contributed by atoms with Crippen molar-refractivity contribution in [1.29, 1.82) is 0 Å². The van der Waals surface area contributed by atoms with Gasteiger partial charge in [-0.25, -0.2) is 0 Å². The Hall–Kier alpha value is -1.10. The van der Waals surface area contributed by atoms with Crippen molar-refractivity contribution >= 4 is 5.95 Å². The number of nitrogens with two attached hydrogens (primary N) is 1. The van der Waals surface area contributed by atoms with Crippen LogP contribution in [0.15, 0.2) is 0 Å². The molecule has 1 aromatic heterocycles. The molecule has 0 radical (unpaired) electrons. The highest BCUT2D eigenvalue weighted by Crippen LogP contribution is 1.97. The second-order valence-corrected chi connectivity index (χ2v) is 1.69. The number of hydrogen-bond donors (Lipinski definition) is 2.